The van der Waals surface area contributed by atoms with Crippen molar-refractivity contribution < 1.29 is 4.79 Å². The third kappa shape index (κ3) is 3.74. The van der Waals surface area contributed by atoms with Crippen LogP contribution in [0, 0.1) is 5.92 Å². The van der Waals surface area contributed by atoms with Gasteiger partial charge in [0.15, 0.2) is 0 Å². The van der Waals surface area contributed by atoms with Gasteiger partial charge < -0.3 is 5.32 Å². The van der Waals surface area contributed by atoms with Crippen molar-refractivity contribution in [1.82, 2.24) is 5.32 Å². The van der Waals surface area contributed by atoms with Gasteiger partial charge in [0, 0.05) is 5.92 Å². The second-order valence-corrected chi connectivity index (χ2v) is 9.08. The summed E-state index contributed by atoms with van der Waals surface area (Å²) < 4.78 is 0. The number of Topliss-reactive ketones (excluding diaryl/α,β-unsaturated/α-hetero) is 1. The molecule has 0 spiro atoms. The van der Waals surface area contributed by atoms with E-state index in [0.717, 1.165) is 5.22 Å². The molecule has 1 N–H and O–H groups in total. The summed E-state index contributed by atoms with van der Waals surface area (Å²) in [6.45, 7) is 12.6. The largest absolute Gasteiger partial charge is 0.305 e. The highest BCUT2D eigenvalue weighted by Crippen LogP contribution is 2.26. The molecule has 0 saturated heterocycles. The van der Waals surface area contributed by atoms with E-state index in [2.05, 4.69) is 67.4 Å². The first kappa shape index (κ1) is 20.6. The molecular weight excluding hydrogens is 362 g/mol. The maximum absolute atomic E-state index is 12.4. The van der Waals surface area contributed by atoms with E-state index in [4.69, 9.17) is 0 Å². The van der Waals surface area contributed by atoms with Gasteiger partial charge in [-0.05, 0) is 58.5 Å². The molecule has 2 nitrogen and oxygen atoms in total. The Morgan fingerprint density at radius 1 is 0.929 bits per heavy atom. The lowest BCUT2D eigenvalue weighted by molar-refractivity contribution is -0.121. The van der Waals surface area contributed by atoms with Crippen LogP contribution in [0.3, 0.4) is 0 Å². The van der Waals surface area contributed by atoms with Crippen molar-refractivity contribution in [3.05, 3.63) is 59.0 Å². The number of carbonyl (C=O) groups excluding carboxylic acids is 1. The van der Waals surface area contributed by atoms with Crippen molar-refractivity contribution in [2.45, 2.75) is 38.3 Å². The Bertz CT molecular complexity index is 1130. The summed E-state index contributed by atoms with van der Waals surface area (Å²) >= 11 is 1.68. The summed E-state index contributed by atoms with van der Waals surface area (Å²) in [5, 5.41) is 10.5. The molecular formula is C25H29NOS. The maximum Gasteiger partial charge on any atom is 0.148 e. The normalized spacial score (nSPS) is 15.1. The number of ketones is 1. The average molecular weight is 392 g/mol. The van der Waals surface area contributed by atoms with E-state index in [1.165, 1.54) is 32.3 Å². The zero-order chi connectivity index (χ0) is 20.4. The van der Waals surface area contributed by atoms with Crippen LogP contribution in [0.4, 0.5) is 0 Å². The Kier molecular flexibility index (Phi) is 6.26. The highest BCUT2D eigenvalue weighted by Gasteiger charge is 2.22. The first-order valence-corrected chi connectivity index (χ1v) is 10.8. The van der Waals surface area contributed by atoms with Gasteiger partial charge in [0.25, 0.3) is 0 Å². The summed E-state index contributed by atoms with van der Waals surface area (Å²) in [5.41, 5.74) is 1.21. The second kappa shape index (κ2) is 8.50. The Morgan fingerprint density at radius 2 is 1.43 bits per heavy atom. The van der Waals surface area contributed by atoms with E-state index >= 15 is 0 Å². The fourth-order valence-corrected chi connectivity index (χ4v) is 5.20. The van der Waals surface area contributed by atoms with Crippen molar-refractivity contribution >= 4 is 51.2 Å². The van der Waals surface area contributed by atoms with E-state index in [1.54, 1.807) is 11.8 Å². The van der Waals surface area contributed by atoms with E-state index in [0.29, 0.717) is 0 Å². The highest BCUT2D eigenvalue weighted by atomic mass is 32.2. The minimum atomic E-state index is -0.0626. The molecule has 3 aromatic rings. The van der Waals surface area contributed by atoms with Crippen molar-refractivity contribution in [1.29, 1.82) is 0 Å². The molecule has 0 radical (unpaired) electrons. The molecule has 0 saturated carbocycles. The third-order valence-electron chi connectivity index (χ3n) is 5.40. The number of nitrogens with one attached hydrogen (secondary N) is 1. The van der Waals surface area contributed by atoms with Gasteiger partial charge in [-0.15, -0.1) is 11.8 Å². The molecule has 3 rings (SSSR count). The molecule has 0 fully saturated rings. The minimum Gasteiger partial charge on any atom is -0.305 e. The zero-order valence-electron chi connectivity index (χ0n) is 17.4. The third-order valence-corrected chi connectivity index (χ3v) is 6.90. The molecule has 0 bridgehead atoms. The number of rotatable bonds is 6. The molecule has 0 amide bonds. The van der Waals surface area contributed by atoms with Crippen molar-refractivity contribution in [3.63, 3.8) is 0 Å². The Labute approximate surface area is 171 Å². The first-order chi connectivity index (χ1) is 13.4. The quantitative estimate of drug-likeness (QED) is 0.497. The Morgan fingerprint density at radius 3 is 1.96 bits per heavy atom. The van der Waals surface area contributed by atoms with E-state index < -0.39 is 0 Å². The number of fused-ring (bicyclic) bond motifs is 3. The molecule has 0 aliphatic rings. The lowest BCUT2D eigenvalue weighted by Gasteiger charge is -2.22. The van der Waals surface area contributed by atoms with Crippen LogP contribution >= 0.6 is 11.8 Å². The second-order valence-electron chi connectivity index (χ2n) is 7.63. The number of carbonyl (C=O) groups is 1. The lowest BCUT2D eigenvalue weighted by Crippen LogP contribution is -2.36. The van der Waals surface area contributed by atoms with Gasteiger partial charge in [-0.3, -0.25) is 4.79 Å². The Balaban J connectivity index is 2.27. The van der Waals surface area contributed by atoms with Gasteiger partial charge in [0.1, 0.15) is 5.78 Å². The zero-order valence-corrected chi connectivity index (χ0v) is 18.2. The van der Waals surface area contributed by atoms with Gasteiger partial charge >= 0.3 is 0 Å². The van der Waals surface area contributed by atoms with Crippen LogP contribution < -0.4 is 15.8 Å². The predicted molar refractivity (Wildman–Crippen MR) is 125 cm³/mol. The topological polar surface area (TPSA) is 29.1 Å². The number of thioether (sulfide) groups is 1. The van der Waals surface area contributed by atoms with Crippen LogP contribution in [-0.2, 0) is 4.79 Å². The first-order valence-electron chi connectivity index (χ1n) is 9.82. The van der Waals surface area contributed by atoms with Crippen LogP contribution in [0.5, 0.6) is 0 Å². The molecule has 0 aliphatic carbocycles. The van der Waals surface area contributed by atoms with Crippen LogP contribution in [0.15, 0.2) is 48.5 Å². The average Bonchev–Trinajstić information content (AvgIpc) is 2.71. The lowest BCUT2D eigenvalue weighted by atomic mass is 9.96. The predicted octanol–water partition coefficient (Wildman–Crippen LogP) is 4.47. The fourth-order valence-electron chi connectivity index (χ4n) is 3.92. The summed E-state index contributed by atoms with van der Waals surface area (Å²) in [5.74, 6) is 0.335. The van der Waals surface area contributed by atoms with Crippen LogP contribution in [0.25, 0.3) is 33.7 Å². The number of hydrogen-bond donors (Lipinski definition) is 1. The molecule has 28 heavy (non-hydrogen) atoms. The minimum absolute atomic E-state index is 0.0442. The SMILES string of the molecule is C=c1/c(=C(/C)C(NC)SC(C)C(=O)C(C)C)c2ccccc2c2ccccc12. The van der Waals surface area contributed by atoms with Crippen LogP contribution in [0.2, 0.25) is 0 Å². The van der Waals surface area contributed by atoms with Gasteiger partial charge in [-0.25, -0.2) is 0 Å². The van der Waals surface area contributed by atoms with Crippen molar-refractivity contribution in [2.24, 2.45) is 5.92 Å². The standard InChI is InChI=1S/C25H29NOS/c1-15(2)24(27)18(5)28-25(26-6)17(4)23-16(3)19-11-7-8-12-20(19)21-13-9-10-14-22(21)23/h7-15,18,25-26H,3H2,1-2,4-6H3/b23-17+. The van der Waals surface area contributed by atoms with Gasteiger partial charge in [0.05, 0.1) is 10.6 Å². The molecule has 3 aromatic carbocycles. The van der Waals surface area contributed by atoms with Crippen molar-refractivity contribution in [3.8, 4) is 0 Å². The van der Waals surface area contributed by atoms with E-state index in [-0.39, 0.29) is 22.3 Å². The van der Waals surface area contributed by atoms with Crippen molar-refractivity contribution in [2.75, 3.05) is 7.05 Å². The fraction of sp³-hybridized carbons (Fsp3) is 0.320. The van der Waals surface area contributed by atoms with E-state index in [1.807, 2.05) is 27.8 Å². The number of benzene rings is 3. The molecule has 2 atom stereocenters. The maximum atomic E-state index is 12.4. The summed E-state index contributed by atoms with van der Waals surface area (Å²) in [6.07, 6.45) is 0. The molecule has 0 aliphatic heterocycles. The monoisotopic (exact) mass is 391 g/mol. The molecule has 0 heterocycles. The Hall–Kier alpha value is -2.10. The molecule has 3 heteroatoms. The van der Waals surface area contributed by atoms with Crippen LogP contribution in [-0.4, -0.2) is 23.5 Å². The molecule has 0 aromatic heterocycles. The number of hydrogen-bond acceptors (Lipinski definition) is 3. The highest BCUT2D eigenvalue weighted by molar-refractivity contribution is 8.01. The van der Waals surface area contributed by atoms with Crippen LogP contribution in [0.1, 0.15) is 27.7 Å². The van der Waals surface area contributed by atoms with Gasteiger partial charge in [-0.2, -0.15) is 0 Å². The summed E-state index contributed by atoms with van der Waals surface area (Å²) in [7, 11) is 1.96. The molecule has 2 unspecified atom stereocenters. The van der Waals surface area contributed by atoms with E-state index in [9.17, 15) is 4.79 Å². The summed E-state index contributed by atoms with van der Waals surface area (Å²) in [4.78, 5) is 12.4. The van der Waals surface area contributed by atoms with Gasteiger partial charge in [-0.1, -0.05) is 69.0 Å². The molecule has 146 valence electrons. The smallest absolute Gasteiger partial charge is 0.148 e. The van der Waals surface area contributed by atoms with Gasteiger partial charge in [0.2, 0.25) is 0 Å². The summed E-state index contributed by atoms with van der Waals surface area (Å²) in [6, 6.07) is 17.0.